The highest BCUT2D eigenvalue weighted by Crippen LogP contribution is 2.21. The van der Waals surface area contributed by atoms with Gasteiger partial charge in [0.2, 0.25) is 0 Å². The molecule has 0 heterocycles. The number of benzene rings is 1. The minimum Gasteiger partial charge on any atom is -0.398 e. The van der Waals surface area contributed by atoms with Gasteiger partial charge in [0.1, 0.15) is 0 Å². The van der Waals surface area contributed by atoms with Crippen LogP contribution in [0.5, 0.6) is 0 Å². The molecule has 1 aromatic carbocycles. The van der Waals surface area contributed by atoms with Crippen LogP contribution >= 0.6 is 11.8 Å². The summed E-state index contributed by atoms with van der Waals surface area (Å²) in [4.78, 5) is 0. The van der Waals surface area contributed by atoms with E-state index in [4.69, 9.17) is 5.73 Å². The fourth-order valence-electron chi connectivity index (χ4n) is 1.44. The van der Waals surface area contributed by atoms with Crippen LogP contribution in [-0.4, -0.2) is 18.1 Å². The maximum Gasteiger partial charge on any atom is 0.0392 e. The predicted molar refractivity (Wildman–Crippen MR) is 71.7 cm³/mol. The third kappa shape index (κ3) is 3.67. The Hall–Kier alpha value is -0.830. The number of nitrogens with two attached hydrogens (primary N) is 1. The Morgan fingerprint density at radius 2 is 2.20 bits per heavy atom. The molecule has 1 rings (SSSR count). The fraction of sp³-hybridized carbons (Fsp3) is 0.500. The van der Waals surface area contributed by atoms with Crippen LogP contribution in [0.2, 0.25) is 0 Å². The lowest BCUT2D eigenvalue weighted by atomic mass is 10.1. The zero-order valence-corrected chi connectivity index (χ0v) is 10.5. The number of hydrogen-bond acceptors (Lipinski definition) is 3. The summed E-state index contributed by atoms with van der Waals surface area (Å²) in [5, 5.41) is 3.49. The third-order valence-electron chi connectivity index (χ3n) is 2.53. The molecular formula is C12H20N2S. The van der Waals surface area contributed by atoms with Gasteiger partial charge in [0.25, 0.3) is 0 Å². The van der Waals surface area contributed by atoms with Gasteiger partial charge in [-0.25, -0.2) is 0 Å². The van der Waals surface area contributed by atoms with Crippen molar-refractivity contribution in [3.8, 4) is 0 Å². The maximum atomic E-state index is 5.85. The molecule has 0 aromatic heterocycles. The van der Waals surface area contributed by atoms with Crippen molar-refractivity contribution in [2.45, 2.75) is 26.3 Å². The quantitative estimate of drug-likeness (QED) is 0.755. The van der Waals surface area contributed by atoms with Gasteiger partial charge in [0.15, 0.2) is 0 Å². The van der Waals surface area contributed by atoms with Crippen LogP contribution in [0.4, 0.5) is 11.4 Å². The molecule has 3 heteroatoms. The first-order valence-corrected chi connectivity index (χ1v) is 6.65. The van der Waals surface area contributed by atoms with E-state index in [0.717, 1.165) is 16.9 Å². The molecule has 0 saturated heterocycles. The van der Waals surface area contributed by atoms with E-state index in [1.807, 2.05) is 23.9 Å². The number of anilines is 2. The van der Waals surface area contributed by atoms with E-state index in [-0.39, 0.29) is 0 Å². The van der Waals surface area contributed by atoms with Gasteiger partial charge in [-0.2, -0.15) is 11.8 Å². The van der Waals surface area contributed by atoms with Crippen LogP contribution in [0.25, 0.3) is 0 Å². The number of thioether (sulfide) groups is 1. The van der Waals surface area contributed by atoms with Gasteiger partial charge in [0, 0.05) is 17.4 Å². The van der Waals surface area contributed by atoms with Crippen LogP contribution in [-0.2, 0) is 0 Å². The molecule has 1 atom stereocenters. The molecule has 0 bridgehead atoms. The van der Waals surface area contributed by atoms with Gasteiger partial charge >= 0.3 is 0 Å². The summed E-state index contributed by atoms with van der Waals surface area (Å²) >= 11 is 1.88. The van der Waals surface area contributed by atoms with Crippen LogP contribution in [0.3, 0.4) is 0 Å². The second-order valence-corrected chi connectivity index (χ2v) is 4.83. The lowest BCUT2D eigenvalue weighted by Crippen LogP contribution is -2.16. The minimum absolute atomic E-state index is 0.498. The zero-order chi connectivity index (χ0) is 11.3. The molecule has 3 N–H and O–H groups in total. The van der Waals surface area contributed by atoms with E-state index in [1.54, 1.807) is 0 Å². The number of hydrogen-bond donors (Lipinski definition) is 2. The molecule has 0 saturated carbocycles. The molecule has 1 aromatic rings. The van der Waals surface area contributed by atoms with Gasteiger partial charge in [-0.1, -0.05) is 6.07 Å². The van der Waals surface area contributed by atoms with E-state index in [1.165, 1.54) is 12.2 Å². The first-order chi connectivity index (χ1) is 7.15. The normalized spacial score (nSPS) is 12.5. The molecule has 15 heavy (non-hydrogen) atoms. The Morgan fingerprint density at radius 3 is 2.87 bits per heavy atom. The summed E-state index contributed by atoms with van der Waals surface area (Å²) < 4.78 is 0. The maximum absolute atomic E-state index is 5.85. The van der Waals surface area contributed by atoms with Crippen molar-refractivity contribution in [1.29, 1.82) is 0 Å². The fourth-order valence-corrected chi connectivity index (χ4v) is 2.03. The van der Waals surface area contributed by atoms with Crippen LogP contribution in [0, 0.1) is 6.92 Å². The van der Waals surface area contributed by atoms with E-state index >= 15 is 0 Å². The standard InChI is InChI=1S/C12H20N2S/c1-9(7-8-15-3)14-12-6-4-5-11(13)10(12)2/h4-6,9,14H,7-8,13H2,1-3H3. The molecule has 0 aliphatic rings. The number of rotatable bonds is 5. The van der Waals surface area contributed by atoms with Gasteiger partial charge in [-0.05, 0) is 50.0 Å². The van der Waals surface area contributed by atoms with Gasteiger partial charge in [0.05, 0.1) is 0 Å². The van der Waals surface area contributed by atoms with E-state index in [0.29, 0.717) is 6.04 Å². The molecule has 1 unspecified atom stereocenters. The molecule has 0 aliphatic carbocycles. The molecule has 0 radical (unpaired) electrons. The average molecular weight is 224 g/mol. The molecular weight excluding hydrogens is 204 g/mol. The highest BCUT2D eigenvalue weighted by molar-refractivity contribution is 7.98. The lowest BCUT2D eigenvalue weighted by Gasteiger charge is -2.17. The number of nitrogen functional groups attached to an aromatic ring is 1. The van der Waals surface area contributed by atoms with Crippen molar-refractivity contribution >= 4 is 23.1 Å². The molecule has 2 nitrogen and oxygen atoms in total. The van der Waals surface area contributed by atoms with Crippen molar-refractivity contribution in [3.63, 3.8) is 0 Å². The smallest absolute Gasteiger partial charge is 0.0392 e. The predicted octanol–water partition coefficient (Wildman–Crippen LogP) is 3.13. The average Bonchev–Trinajstić information content (AvgIpc) is 2.22. The summed E-state index contributed by atoms with van der Waals surface area (Å²) in [5.41, 5.74) is 9.01. The first-order valence-electron chi connectivity index (χ1n) is 5.25. The van der Waals surface area contributed by atoms with Crippen LogP contribution < -0.4 is 11.1 Å². The number of nitrogens with one attached hydrogen (secondary N) is 1. The highest BCUT2D eigenvalue weighted by atomic mass is 32.2. The first kappa shape index (κ1) is 12.2. The molecule has 0 aliphatic heterocycles. The van der Waals surface area contributed by atoms with Crippen molar-refractivity contribution in [3.05, 3.63) is 23.8 Å². The topological polar surface area (TPSA) is 38.0 Å². The Balaban J connectivity index is 2.60. The second kappa shape index (κ2) is 5.91. The van der Waals surface area contributed by atoms with E-state index < -0.39 is 0 Å². The Morgan fingerprint density at radius 1 is 1.47 bits per heavy atom. The molecule has 0 fully saturated rings. The molecule has 84 valence electrons. The highest BCUT2D eigenvalue weighted by Gasteiger charge is 2.05. The minimum atomic E-state index is 0.498. The molecule has 0 amide bonds. The van der Waals surface area contributed by atoms with Crippen molar-refractivity contribution in [2.75, 3.05) is 23.1 Å². The zero-order valence-electron chi connectivity index (χ0n) is 9.71. The SMILES string of the molecule is CSCCC(C)Nc1cccc(N)c1C. The summed E-state index contributed by atoms with van der Waals surface area (Å²) in [6.07, 6.45) is 3.31. The van der Waals surface area contributed by atoms with Crippen molar-refractivity contribution < 1.29 is 0 Å². The van der Waals surface area contributed by atoms with Crippen LogP contribution in [0.15, 0.2) is 18.2 Å². The summed E-state index contributed by atoms with van der Waals surface area (Å²) in [7, 11) is 0. The van der Waals surface area contributed by atoms with Gasteiger partial charge in [-0.15, -0.1) is 0 Å². The Bertz CT molecular complexity index is 312. The summed E-state index contributed by atoms with van der Waals surface area (Å²) in [6, 6.07) is 6.51. The van der Waals surface area contributed by atoms with E-state index in [2.05, 4.69) is 31.5 Å². The lowest BCUT2D eigenvalue weighted by molar-refractivity contribution is 0.771. The Kier molecular flexibility index (Phi) is 4.82. The largest absolute Gasteiger partial charge is 0.398 e. The summed E-state index contributed by atoms with van der Waals surface area (Å²) in [5.74, 6) is 1.19. The van der Waals surface area contributed by atoms with Gasteiger partial charge < -0.3 is 11.1 Å². The molecule has 0 spiro atoms. The van der Waals surface area contributed by atoms with E-state index in [9.17, 15) is 0 Å². The van der Waals surface area contributed by atoms with Gasteiger partial charge in [-0.3, -0.25) is 0 Å². The third-order valence-corrected chi connectivity index (χ3v) is 3.18. The van der Waals surface area contributed by atoms with Crippen LogP contribution in [0.1, 0.15) is 18.9 Å². The summed E-state index contributed by atoms with van der Waals surface area (Å²) in [6.45, 7) is 4.26. The Labute approximate surface area is 96.6 Å². The van der Waals surface area contributed by atoms with Crippen molar-refractivity contribution in [1.82, 2.24) is 0 Å². The monoisotopic (exact) mass is 224 g/mol. The van der Waals surface area contributed by atoms with Crippen molar-refractivity contribution in [2.24, 2.45) is 0 Å². The second-order valence-electron chi connectivity index (χ2n) is 3.85.